The van der Waals surface area contributed by atoms with Gasteiger partial charge in [-0.05, 0) is 37.9 Å². The number of nitrogens with zero attached hydrogens (tertiary/aromatic N) is 4. The van der Waals surface area contributed by atoms with E-state index < -0.39 is 0 Å². The number of fused-ring (bicyclic) bond motifs is 2. The van der Waals surface area contributed by atoms with Gasteiger partial charge in [0.15, 0.2) is 5.82 Å². The number of carbonyl (C=O) groups is 1. The molecule has 1 aromatic heterocycles. The van der Waals surface area contributed by atoms with Crippen LogP contribution in [-0.2, 0) is 22.7 Å². The van der Waals surface area contributed by atoms with Crippen LogP contribution in [0.3, 0.4) is 0 Å². The molecule has 132 valence electrons. The summed E-state index contributed by atoms with van der Waals surface area (Å²) in [6, 6.07) is 8.58. The van der Waals surface area contributed by atoms with Gasteiger partial charge in [0.05, 0.1) is 0 Å². The van der Waals surface area contributed by atoms with Crippen LogP contribution < -0.4 is 4.90 Å². The summed E-state index contributed by atoms with van der Waals surface area (Å²) in [4.78, 5) is 21.3. The molecule has 2 aromatic rings. The van der Waals surface area contributed by atoms with Crippen molar-refractivity contribution in [3.63, 3.8) is 0 Å². The monoisotopic (exact) mass is 342 g/mol. The molecule has 0 N–H and O–H groups in total. The first-order valence-corrected chi connectivity index (χ1v) is 8.70. The van der Waals surface area contributed by atoms with E-state index in [1.165, 1.54) is 12.0 Å². The Morgan fingerprint density at radius 3 is 3.12 bits per heavy atom. The number of carbonyl (C=O) groups excluding carboxylic acids is 1. The first-order valence-electron chi connectivity index (χ1n) is 8.70. The first-order chi connectivity index (χ1) is 12.2. The Kier molecular flexibility index (Phi) is 4.50. The second-order valence-corrected chi connectivity index (χ2v) is 6.63. The van der Waals surface area contributed by atoms with Crippen LogP contribution in [0.15, 0.2) is 28.8 Å². The van der Waals surface area contributed by atoms with Crippen molar-refractivity contribution in [3.8, 4) is 0 Å². The molecule has 2 aliphatic rings. The lowest BCUT2D eigenvalue weighted by atomic mass is 10.1. The van der Waals surface area contributed by atoms with Crippen molar-refractivity contribution in [2.45, 2.75) is 39.0 Å². The molecule has 25 heavy (non-hydrogen) atoms. The summed E-state index contributed by atoms with van der Waals surface area (Å²) in [5, 5.41) is 3.72. The molecule has 0 aliphatic carbocycles. The average Bonchev–Trinajstić information content (AvgIpc) is 3.19. The molecule has 7 nitrogen and oxygen atoms in total. The minimum Gasteiger partial charge on any atom is -0.362 e. The van der Waals surface area contributed by atoms with Crippen molar-refractivity contribution in [3.05, 3.63) is 41.5 Å². The second-order valence-electron chi connectivity index (χ2n) is 6.63. The Morgan fingerprint density at radius 2 is 2.28 bits per heavy atom. The number of para-hydroxylation sites is 1. The molecular weight excluding hydrogens is 320 g/mol. The van der Waals surface area contributed by atoms with Crippen molar-refractivity contribution in [2.75, 3.05) is 24.6 Å². The third-order valence-corrected chi connectivity index (χ3v) is 4.87. The smallest absolute Gasteiger partial charge is 0.253 e. The van der Waals surface area contributed by atoms with Crippen LogP contribution in [0.25, 0.3) is 0 Å². The maximum absolute atomic E-state index is 12.8. The Balaban J connectivity index is 1.46. The first kappa shape index (κ1) is 16.2. The van der Waals surface area contributed by atoms with Crippen molar-refractivity contribution in [1.29, 1.82) is 0 Å². The fourth-order valence-corrected chi connectivity index (χ4v) is 3.68. The van der Waals surface area contributed by atoms with E-state index in [4.69, 9.17) is 9.26 Å². The number of aryl methyl sites for hydroxylation is 1. The van der Waals surface area contributed by atoms with Crippen LogP contribution in [0, 0.1) is 6.92 Å². The Labute approximate surface area is 146 Å². The van der Waals surface area contributed by atoms with Crippen molar-refractivity contribution >= 4 is 11.6 Å². The molecule has 1 atom stereocenters. The SMILES string of the molecule is Cc1noc(COCC(=O)N2CC3CCCN3Cc3ccccc32)n1. The number of aromatic nitrogens is 2. The highest BCUT2D eigenvalue weighted by molar-refractivity contribution is 5.95. The van der Waals surface area contributed by atoms with Gasteiger partial charge in [-0.15, -0.1) is 0 Å². The van der Waals surface area contributed by atoms with Gasteiger partial charge in [-0.3, -0.25) is 9.69 Å². The highest BCUT2D eigenvalue weighted by Crippen LogP contribution is 2.31. The third kappa shape index (κ3) is 3.43. The van der Waals surface area contributed by atoms with Crippen molar-refractivity contribution in [1.82, 2.24) is 15.0 Å². The molecule has 2 aliphatic heterocycles. The van der Waals surface area contributed by atoms with E-state index >= 15 is 0 Å². The minimum atomic E-state index is -0.0302. The van der Waals surface area contributed by atoms with E-state index in [0.29, 0.717) is 17.8 Å². The van der Waals surface area contributed by atoms with Crippen LogP contribution in [-0.4, -0.2) is 46.7 Å². The zero-order chi connectivity index (χ0) is 17.2. The maximum Gasteiger partial charge on any atom is 0.253 e. The molecule has 7 heteroatoms. The van der Waals surface area contributed by atoms with Gasteiger partial charge in [-0.1, -0.05) is 23.4 Å². The zero-order valence-electron chi connectivity index (χ0n) is 14.4. The lowest BCUT2D eigenvalue weighted by Gasteiger charge is -2.26. The topological polar surface area (TPSA) is 71.7 Å². The number of amides is 1. The van der Waals surface area contributed by atoms with E-state index in [1.807, 2.05) is 23.1 Å². The summed E-state index contributed by atoms with van der Waals surface area (Å²) in [6.45, 7) is 4.64. The standard InChI is InChI=1S/C18H22N4O3/c1-13-19-17(25-20-13)11-24-12-18(23)22-10-15-6-4-8-21(15)9-14-5-2-3-7-16(14)22/h2-3,5,7,15H,4,6,8-12H2,1H3. The Morgan fingerprint density at radius 1 is 1.40 bits per heavy atom. The lowest BCUT2D eigenvalue weighted by molar-refractivity contribution is -0.123. The molecule has 3 heterocycles. The fraction of sp³-hybridized carbons (Fsp3) is 0.500. The van der Waals surface area contributed by atoms with Crippen LogP contribution >= 0.6 is 0 Å². The normalized spacial score (nSPS) is 20.2. The van der Waals surface area contributed by atoms with Gasteiger partial charge in [0.1, 0.15) is 13.2 Å². The number of rotatable bonds is 4. The largest absolute Gasteiger partial charge is 0.362 e. The summed E-state index contributed by atoms with van der Waals surface area (Å²) in [5.74, 6) is 0.925. The molecule has 0 bridgehead atoms. The molecule has 1 fully saturated rings. The quantitative estimate of drug-likeness (QED) is 0.845. The summed E-state index contributed by atoms with van der Waals surface area (Å²) in [6.07, 6.45) is 2.34. The van der Waals surface area contributed by atoms with Gasteiger partial charge in [0, 0.05) is 24.8 Å². The highest BCUT2D eigenvalue weighted by Gasteiger charge is 2.33. The van der Waals surface area contributed by atoms with E-state index in [-0.39, 0.29) is 19.1 Å². The second kappa shape index (κ2) is 6.93. The molecule has 1 aromatic carbocycles. The van der Waals surface area contributed by atoms with Crippen molar-refractivity contribution < 1.29 is 14.1 Å². The minimum absolute atomic E-state index is 0.00246. The number of hydrogen-bond donors (Lipinski definition) is 0. The van der Waals surface area contributed by atoms with Gasteiger partial charge < -0.3 is 14.2 Å². The number of ether oxygens (including phenoxy) is 1. The maximum atomic E-state index is 12.8. The molecule has 1 saturated heterocycles. The van der Waals surface area contributed by atoms with E-state index in [0.717, 1.165) is 31.7 Å². The molecule has 4 rings (SSSR count). The predicted molar refractivity (Wildman–Crippen MR) is 90.9 cm³/mol. The van der Waals surface area contributed by atoms with Crippen molar-refractivity contribution in [2.24, 2.45) is 0 Å². The van der Waals surface area contributed by atoms with E-state index in [9.17, 15) is 4.79 Å². The van der Waals surface area contributed by atoms with E-state index in [2.05, 4.69) is 21.1 Å². The lowest BCUT2D eigenvalue weighted by Crippen LogP contribution is -2.42. The zero-order valence-corrected chi connectivity index (χ0v) is 14.4. The van der Waals surface area contributed by atoms with Crippen LogP contribution in [0.1, 0.15) is 30.1 Å². The van der Waals surface area contributed by atoms with Gasteiger partial charge in [-0.25, -0.2) is 0 Å². The molecule has 0 saturated carbocycles. The number of anilines is 1. The van der Waals surface area contributed by atoms with Crippen LogP contribution in [0.2, 0.25) is 0 Å². The van der Waals surface area contributed by atoms with Gasteiger partial charge >= 0.3 is 0 Å². The van der Waals surface area contributed by atoms with Crippen LogP contribution in [0.5, 0.6) is 0 Å². The number of benzene rings is 1. The van der Waals surface area contributed by atoms with Crippen LogP contribution in [0.4, 0.5) is 5.69 Å². The fourth-order valence-electron chi connectivity index (χ4n) is 3.68. The van der Waals surface area contributed by atoms with Gasteiger partial charge in [-0.2, -0.15) is 4.98 Å². The predicted octanol–water partition coefficient (Wildman–Crippen LogP) is 1.91. The van der Waals surface area contributed by atoms with Gasteiger partial charge in [0.2, 0.25) is 0 Å². The third-order valence-electron chi connectivity index (χ3n) is 4.87. The summed E-state index contributed by atoms with van der Waals surface area (Å²) in [5.41, 5.74) is 2.20. The Hall–Kier alpha value is -2.25. The highest BCUT2D eigenvalue weighted by atomic mass is 16.5. The summed E-state index contributed by atoms with van der Waals surface area (Å²) in [7, 11) is 0. The molecule has 0 radical (unpaired) electrons. The molecule has 0 spiro atoms. The average molecular weight is 342 g/mol. The molecule has 1 amide bonds. The molecule has 1 unspecified atom stereocenters. The van der Waals surface area contributed by atoms with E-state index in [1.54, 1.807) is 6.92 Å². The summed E-state index contributed by atoms with van der Waals surface area (Å²) >= 11 is 0. The summed E-state index contributed by atoms with van der Waals surface area (Å²) < 4.78 is 10.5. The molecular formula is C18H22N4O3. The Bertz CT molecular complexity index is 760. The number of hydrogen-bond acceptors (Lipinski definition) is 6. The van der Waals surface area contributed by atoms with Gasteiger partial charge in [0.25, 0.3) is 11.8 Å².